The summed E-state index contributed by atoms with van der Waals surface area (Å²) in [5, 5.41) is 4.80. The molecule has 1 saturated heterocycles. The first-order valence-electron chi connectivity index (χ1n) is 11.7. The highest BCUT2D eigenvalue weighted by Gasteiger charge is 2.31. The molecule has 5 rings (SSSR count). The summed E-state index contributed by atoms with van der Waals surface area (Å²) >= 11 is 5.54. The van der Waals surface area contributed by atoms with Crippen molar-refractivity contribution in [3.63, 3.8) is 0 Å². The van der Waals surface area contributed by atoms with Crippen molar-refractivity contribution in [2.45, 2.75) is 18.0 Å². The number of aromatic amines is 1. The van der Waals surface area contributed by atoms with Gasteiger partial charge in [0.05, 0.1) is 15.8 Å². The molecule has 10 nitrogen and oxygen atoms in total. The second kappa shape index (κ2) is 9.96. The van der Waals surface area contributed by atoms with Gasteiger partial charge in [-0.2, -0.15) is 13.2 Å². The van der Waals surface area contributed by atoms with Gasteiger partial charge >= 0.3 is 6.18 Å². The lowest BCUT2D eigenvalue weighted by molar-refractivity contribution is -0.137. The van der Waals surface area contributed by atoms with E-state index in [9.17, 15) is 26.4 Å². The first-order chi connectivity index (χ1) is 18.4. The zero-order chi connectivity index (χ0) is 27.9. The van der Waals surface area contributed by atoms with E-state index in [0.717, 1.165) is 19.1 Å². The number of nitrogens with zero attached hydrogens (tertiary/aromatic N) is 4. The Kier molecular flexibility index (Phi) is 6.80. The van der Waals surface area contributed by atoms with Gasteiger partial charge in [0.15, 0.2) is 5.11 Å². The molecule has 204 valence electrons. The van der Waals surface area contributed by atoms with Gasteiger partial charge in [-0.15, -0.1) is 0 Å². The van der Waals surface area contributed by atoms with Gasteiger partial charge in [0, 0.05) is 49.7 Å². The number of fused-ring (bicyclic) bond motifs is 3. The smallest absolute Gasteiger partial charge is 0.352 e. The molecule has 0 aliphatic carbocycles. The molecular formula is C24H22F3N7O3S2. The van der Waals surface area contributed by atoms with Gasteiger partial charge in [0.1, 0.15) is 17.8 Å². The molecule has 1 aliphatic rings. The lowest BCUT2D eigenvalue weighted by Crippen LogP contribution is -2.50. The van der Waals surface area contributed by atoms with Crippen LogP contribution in [0.1, 0.15) is 12.5 Å². The number of carbonyl (C=O) groups excluding carboxylic acids is 1. The molecule has 15 heteroatoms. The van der Waals surface area contributed by atoms with Crippen LogP contribution in [0.5, 0.6) is 0 Å². The van der Waals surface area contributed by atoms with Crippen LogP contribution in [0, 0.1) is 0 Å². The van der Waals surface area contributed by atoms with Gasteiger partial charge in [-0.3, -0.25) is 4.79 Å². The van der Waals surface area contributed by atoms with E-state index in [0.29, 0.717) is 64.7 Å². The summed E-state index contributed by atoms with van der Waals surface area (Å²) in [4.78, 5) is 26.7. The summed E-state index contributed by atoms with van der Waals surface area (Å²) in [5.41, 5.74) is 0.632. The SMILES string of the molecule is CC(=O)NS(=O)(=O)c1ccc(NC(=S)N2CCN(c3ncnc4[nH]c5cc(C(F)(F)F)ccc5c34)CC2)cc1. The van der Waals surface area contributed by atoms with E-state index in [2.05, 4.69) is 20.3 Å². The molecule has 0 bridgehead atoms. The third-order valence-electron chi connectivity index (χ3n) is 6.26. The maximum absolute atomic E-state index is 13.2. The number of halogens is 3. The molecule has 1 fully saturated rings. The number of piperazine rings is 1. The molecule has 3 N–H and O–H groups in total. The molecular weight excluding hydrogens is 555 g/mol. The molecule has 0 radical (unpaired) electrons. The Morgan fingerprint density at radius 1 is 1.05 bits per heavy atom. The van der Waals surface area contributed by atoms with Gasteiger partial charge in [-0.25, -0.2) is 23.1 Å². The number of alkyl halides is 3. The monoisotopic (exact) mass is 577 g/mol. The molecule has 1 aliphatic heterocycles. The number of amides is 1. The van der Waals surface area contributed by atoms with Crippen LogP contribution in [0.15, 0.2) is 53.7 Å². The van der Waals surface area contributed by atoms with E-state index in [1.54, 1.807) is 12.1 Å². The van der Waals surface area contributed by atoms with Crippen LogP contribution < -0.4 is 14.9 Å². The van der Waals surface area contributed by atoms with Crippen molar-refractivity contribution in [2.24, 2.45) is 0 Å². The Morgan fingerprint density at radius 2 is 1.74 bits per heavy atom. The molecule has 0 unspecified atom stereocenters. The summed E-state index contributed by atoms with van der Waals surface area (Å²) in [6, 6.07) is 9.40. The van der Waals surface area contributed by atoms with E-state index >= 15 is 0 Å². The lowest BCUT2D eigenvalue weighted by Gasteiger charge is -2.37. The predicted octanol–water partition coefficient (Wildman–Crippen LogP) is 3.47. The highest BCUT2D eigenvalue weighted by atomic mass is 32.2. The number of nitrogens with one attached hydrogen (secondary N) is 3. The van der Waals surface area contributed by atoms with Gasteiger partial charge in [0.2, 0.25) is 5.91 Å². The third kappa shape index (κ3) is 5.45. The van der Waals surface area contributed by atoms with Crippen LogP contribution in [0.25, 0.3) is 21.9 Å². The number of hydrogen-bond acceptors (Lipinski definition) is 7. The van der Waals surface area contributed by atoms with Crippen LogP contribution in [0.2, 0.25) is 0 Å². The number of thiocarbonyl (C=S) groups is 1. The number of carbonyl (C=O) groups is 1. The average molecular weight is 578 g/mol. The number of H-pyrrole nitrogens is 1. The normalized spacial score (nSPS) is 14.6. The lowest BCUT2D eigenvalue weighted by atomic mass is 10.1. The molecule has 3 heterocycles. The van der Waals surface area contributed by atoms with Crippen LogP contribution in [0.4, 0.5) is 24.7 Å². The van der Waals surface area contributed by atoms with Crippen molar-refractivity contribution in [1.29, 1.82) is 0 Å². The summed E-state index contributed by atoms with van der Waals surface area (Å²) in [5.74, 6) is -0.0546. The van der Waals surface area contributed by atoms with Crippen LogP contribution in [0.3, 0.4) is 0 Å². The van der Waals surface area contributed by atoms with Crippen molar-refractivity contribution < 1.29 is 26.4 Å². The quantitative estimate of drug-likeness (QED) is 0.313. The summed E-state index contributed by atoms with van der Waals surface area (Å²) < 4.78 is 65.7. The van der Waals surface area contributed by atoms with Crippen molar-refractivity contribution in [1.82, 2.24) is 24.6 Å². The second-order valence-corrected chi connectivity index (χ2v) is 11.0. The molecule has 0 atom stereocenters. The van der Waals surface area contributed by atoms with E-state index in [4.69, 9.17) is 12.2 Å². The maximum atomic E-state index is 13.2. The van der Waals surface area contributed by atoms with Crippen molar-refractivity contribution >= 4 is 66.7 Å². The number of hydrogen-bond donors (Lipinski definition) is 3. The number of sulfonamides is 1. The molecule has 39 heavy (non-hydrogen) atoms. The van der Waals surface area contributed by atoms with Crippen molar-refractivity contribution in [3.05, 3.63) is 54.4 Å². The van der Waals surface area contributed by atoms with Gasteiger partial charge in [-0.05, 0) is 48.6 Å². The Hall–Kier alpha value is -3.98. The minimum atomic E-state index is -4.45. The first-order valence-corrected chi connectivity index (χ1v) is 13.6. The van der Waals surface area contributed by atoms with Crippen LogP contribution in [-0.4, -0.2) is 65.5 Å². The Labute approximate surface area is 226 Å². The van der Waals surface area contributed by atoms with Gasteiger partial charge in [0.25, 0.3) is 10.0 Å². The van der Waals surface area contributed by atoms with Crippen molar-refractivity contribution in [3.8, 4) is 0 Å². The first kappa shape index (κ1) is 26.6. The second-order valence-electron chi connectivity index (χ2n) is 8.89. The highest BCUT2D eigenvalue weighted by molar-refractivity contribution is 7.90. The van der Waals surface area contributed by atoms with E-state index < -0.39 is 27.7 Å². The maximum Gasteiger partial charge on any atom is 0.416 e. The fraction of sp³-hybridized carbons (Fsp3) is 0.250. The fourth-order valence-electron chi connectivity index (χ4n) is 4.42. The summed E-state index contributed by atoms with van der Waals surface area (Å²) in [6.07, 6.45) is -3.07. The van der Waals surface area contributed by atoms with E-state index in [1.165, 1.54) is 24.5 Å². The minimum absolute atomic E-state index is 0.0501. The minimum Gasteiger partial charge on any atom is -0.352 e. The molecule has 1 amide bonds. The highest BCUT2D eigenvalue weighted by Crippen LogP contribution is 2.36. The van der Waals surface area contributed by atoms with Gasteiger partial charge < -0.3 is 20.1 Å². The summed E-state index contributed by atoms with van der Waals surface area (Å²) in [7, 11) is -3.93. The average Bonchev–Trinajstić information content (AvgIpc) is 3.26. The van der Waals surface area contributed by atoms with E-state index in [-0.39, 0.29) is 4.90 Å². The molecule has 0 saturated carbocycles. The summed E-state index contributed by atoms with van der Waals surface area (Å²) in [6.45, 7) is 3.32. The van der Waals surface area contributed by atoms with E-state index in [1.807, 2.05) is 14.5 Å². The molecule has 2 aromatic heterocycles. The number of benzene rings is 2. The Bertz CT molecular complexity index is 1680. The van der Waals surface area contributed by atoms with Crippen molar-refractivity contribution in [2.75, 3.05) is 36.4 Å². The zero-order valence-electron chi connectivity index (χ0n) is 20.4. The van der Waals surface area contributed by atoms with Crippen LogP contribution >= 0.6 is 12.2 Å². The number of rotatable bonds is 4. The van der Waals surface area contributed by atoms with Gasteiger partial charge in [-0.1, -0.05) is 6.07 Å². The zero-order valence-corrected chi connectivity index (χ0v) is 22.0. The topological polar surface area (TPSA) is 123 Å². The number of anilines is 2. The number of aromatic nitrogens is 3. The standard InChI is InChI=1S/C24H22F3N7O3S2/c1-14(35)32-39(36,37)17-5-3-16(4-6-17)30-23(38)34-10-8-33(9-11-34)22-20-18-7-2-15(24(25,26)27)12-19(18)31-21(20)28-13-29-22/h2-7,12-13H,8-11H2,1H3,(H,30,38)(H,32,35)(H,28,29,31). The molecule has 2 aromatic carbocycles. The molecule has 4 aromatic rings. The van der Waals surface area contributed by atoms with Crippen LogP contribution in [-0.2, 0) is 21.0 Å². The predicted molar refractivity (Wildman–Crippen MR) is 144 cm³/mol. The Morgan fingerprint density at radius 3 is 2.38 bits per heavy atom. The largest absolute Gasteiger partial charge is 0.416 e. The molecule has 0 spiro atoms. The fourth-order valence-corrected chi connectivity index (χ4v) is 5.71. The Balaban J connectivity index is 1.27. The third-order valence-corrected chi connectivity index (χ3v) is 8.07.